The number of hydrogen-bond donors (Lipinski definition) is 2. The van der Waals surface area contributed by atoms with Gasteiger partial charge in [0, 0.05) is 0 Å². The van der Waals surface area contributed by atoms with Crippen molar-refractivity contribution in [3.8, 4) is 0 Å². The fourth-order valence-electron chi connectivity index (χ4n) is 2.76. The van der Waals surface area contributed by atoms with Crippen LogP contribution in [0.4, 0.5) is 5.69 Å². The molecular weight excluding hydrogens is 350 g/mol. The van der Waals surface area contributed by atoms with E-state index in [0.29, 0.717) is 23.3 Å². The highest BCUT2D eigenvalue weighted by Gasteiger charge is 2.48. The normalized spacial score (nSPS) is 19.8. The summed E-state index contributed by atoms with van der Waals surface area (Å²) in [6.45, 7) is 0. The third kappa shape index (κ3) is 2.29. The molecular formula is C16H13NO5S2. The first kappa shape index (κ1) is 15.5. The van der Waals surface area contributed by atoms with Crippen molar-refractivity contribution in [2.75, 3.05) is 5.32 Å². The van der Waals surface area contributed by atoms with E-state index in [4.69, 9.17) is 0 Å². The molecule has 1 aliphatic heterocycles. The first-order valence-electron chi connectivity index (χ1n) is 7.32. The topological polar surface area (TPSA) is 101 Å². The number of carbonyl (C=O) groups is 2. The first-order valence-corrected chi connectivity index (χ1v) is 9.86. The van der Waals surface area contributed by atoms with Crippen molar-refractivity contribution < 1.29 is 23.1 Å². The summed E-state index contributed by atoms with van der Waals surface area (Å²) < 4.78 is 25.3. The summed E-state index contributed by atoms with van der Waals surface area (Å²) in [6, 6.07) is 5.97. The minimum atomic E-state index is -3.70. The highest BCUT2D eigenvalue weighted by molar-refractivity contribution is 7.90. The molecule has 1 aliphatic carbocycles. The number of anilines is 1. The molecule has 1 amide bonds. The number of amides is 1. The molecule has 0 bridgehead atoms. The van der Waals surface area contributed by atoms with Crippen molar-refractivity contribution in [2.24, 2.45) is 0 Å². The molecule has 1 aromatic heterocycles. The molecule has 0 radical (unpaired) electrons. The molecule has 0 spiro atoms. The molecule has 2 heterocycles. The van der Waals surface area contributed by atoms with E-state index in [2.05, 4.69) is 5.32 Å². The van der Waals surface area contributed by atoms with Gasteiger partial charge in [-0.05, 0) is 42.0 Å². The second-order valence-corrected chi connectivity index (χ2v) is 8.90. The zero-order chi connectivity index (χ0) is 17.1. The molecule has 1 aromatic carbocycles. The van der Waals surface area contributed by atoms with E-state index in [1.54, 1.807) is 11.4 Å². The van der Waals surface area contributed by atoms with Crippen molar-refractivity contribution >= 4 is 38.6 Å². The average molecular weight is 363 g/mol. The largest absolute Gasteiger partial charge is 0.380 e. The van der Waals surface area contributed by atoms with Gasteiger partial charge in [-0.15, -0.1) is 11.3 Å². The standard InChI is InChI=1S/C16H13NO5S2/c18-13-12-10(17-15(19)16(20)5-6-16)2-1-3-11(12)24(21,22)8-9-4-7-23-14(9)13/h1-4,7,20H,5-6,8H2,(H,17,19). The fourth-order valence-corrected chi connectivity index (χ4v) is 5.32. The predicted octanol–water partition coefficient (Wildman–Crippen LogP) is 1.73. The van der Waals surface area contributed by atoms with Gasteiger partial charge < -0.3 is 10.4 Å². The summed E-state index contributed by atoms with van der Waals surface area (Å²) in [5.74, 6) is -1.28. The van der Waals surface area contributed by atoms with Crippen LogP contribution < -0.4 is 5.32 Å². The van der Waals surface area contributed by atoms with Crippen molar-refractivity contribution in [3.63, 3.8) is 0 Å². The van der Waals surface area contributed by atoms with E-state index < -0.39 is 27.1 Å². The van der Waals surface area contributed by atoms with Gasteiger partial charge in [-0.25, -0.2) is 8.42 Å². The third-order valence-corrected chi connectivity index (χ3v) is 6.94. The third-order valence-electron chi connectivity index (χ3n) is 4.28. The number of thiophene rings is 1. The van der Waals surface area contributed by atoms with Crippen molar-refractivity contribution in [3.05, 3.63) is 45.6 Å². The summed E-state index contributed by atoms with van der Waals surface area (Å²) >= 11 is 1.18. The summed E-state index contributed by atoms with van der Waals surface area (Å²) in [5, 5.41) is 14.1. The van der Waals surface area contributed by atoms with Crippen molar-refractivity contribution in [1.29, 1.82) is 0 Å². The van der Waals surface area contributed by atoms with Crippen LogP contribution >= 0.6 is 11.3 Å². The zero-order valence-electron chi connectivity index (χ0n) is 12.4. The molecule has 6 nitrogen and oxygen atoms in total. The van der Waals surface area contributed by atoms with Gasteiger partial charge in [0.15, 0.2) is 9.84 Å². The summed E-state index contributed by atoms with van der Waals surface area (Å²) in [6.07, 6.45) is 0.713. The number of rotatable bonds is 2. The Bertz CT molecular complexity index is 986. The molecule has 1 fully saturated rings. The van der Waals surface area contributed by atoms with Gasteiger partial charge in [0.1, 0.15) is 5.60 Å². The summed E-state index contributed by atoms with van der Waals surface area (Å²) in [7, 11) is -3.70. The number of fused-ring (bicyclic) bond motifs is 2. The van der Waals surface area contributed by atoms with Crippen LogP contribution in [0.3, 0.4) is 0 Å². The maximum atomic E-state index is 12.9. The predicted molar refractivity (Wildman–Crippen MR) is 87.9 cm³/mol. The molecule has 2 aliphatic rings. The molecule has 4 rings (SSSR count). The monoisotopic (exact) mass is 363 g/mol. The van der Waals surface area contributed by atoms with Crippen LogP contribution in [-0.4, -0.2) is 30.8 Å². The number of nitrogens with one attached hydrogen (secondary N) is 1. The molecule has 0 saturated heterocycles. The minimum absolute atomic E-state index is 0.0312. The molecule has 0 atom stereocenters. The van der Waals surface area contributed by atoms with Gasteiger partial charge >= 0.3 is 0 Å². The van der Waals surface area contributed by atoms with Crippen LogP contribution in [0.25, 0.3) is 0 Å². The van der Waals surface area contributed by atoms with Crippen LogP contribution in [0.1, 0.15) is 33.6 Å². The van der Waals surface area contributed by atoms with E-state index in [1.807, 2.05) is 0 Å². The number of hydrogen-bond acceptors (Lipinski definition) is 6. The van der Waals surface area contributed by atoms with E-state index in [-0.39, 0.29) is 21.9 Å². The Labute approximate surface area is 142 Å². The highest BCUT2D eigenvalue weighted by atomic mass is 32.2. The lowest BCUT2D eigenvalue weighted by Crippen LogP contribution is -2.30. The lowest BCUT2D eigenvalue weighted by molar-refractivity contribution is -0.125. The number of benzene rings is 1. The number of ketones is 1. The second-order valence-electron chi connectivity index (χ2n) is 6.03. The Balaban J connectivity index is 1.89. The highest BCUT2D eigenvalue weighted by Crippen LogP contribution is 2.39. The first-order chi connectivity index (χ1) is 11.3. The number of sulfone groups is 1. The van der Waals surface area contributed by atoms with Gasteiger partial charge in [0.05, 0.1) is 26.8 Å². The molecule has 2 N–H and O–H groups in total. The van der Waals surface area contributed by atoms with Crippen molar-refractivity contribution in [2.45, 2.75) is 29.1 Å². The Hall–Kier alpha value is -2.03. The van der Waals surface area contributed by atoms with E-state index in [1.165, 1.54) is 29.5 Å². The van der Waals surface area contributed by atoms with E-state index in [9.17, 15) is 23.1 Å². The van der Waals surface area contributed by atoms with Crippen LogP contribution in [0.15, 0.2) is 34.5 Å². The fraction of sp³-hybridized carbons (Fsp3) is 0.250. The molecule has 24 heavy (non-hydrogen) atoms. The Morgan fingerprint density at radius 1 is 1.25 bits per heavy atom. The average Bonchev–Trinajstić information content (AvgIpc) is 3.14. The smallest absolute Gasteiger partial charge is 0.256 e. The zero-order valence-corrected chi connectivity index (χ0v) is 14.0. The maximum Gasteiger partial charge on any atom is 0.256 e. The number of carbonyl (C=O) groups excluding carboxylic acids is 2. The van der Waals surface area contributed by atoms with Gasteiger partial charge in [-0.1, -0.05) is 6.07 Å². The molecule has 0 unspecified atom stereocenters. The maximum absolute atomic E-state index is 12.9. The van der Waals surface area contributed by atoms with Crippen LogP contribution in [0.5, 0.6) is 0 Å². The molecule has 2 aromatic rings. The Morgan fingerprint density at radius 3 is 2.71 bits per heavy atom. The van der Waals surface area contributed by atoms with Crippen LogP contribution in [0, 0.1) is 0 Å². The molecule has 1 saturated carbocycles. The van der Waals surface area contributed by atoms with Gasteiger partial charge in [-0.3, -0.25) is 9.59 Å². The molecule has 8 heteroatoms. The van der Waals surface area contributed by atoms with E-state index in [0.717, 1.165) is 0 Å². The van der Waals surface area contributed by atoms with Crippen LogP contribution in [-0.2, 0) is 20.4 Å². The lowest BCUT2D eigenvalue weighted by atomic mass is 10.0. The van der Waals surface area contributed by atoms with Crippen LogP contribution in [0.2, 0.25) is 0 Å². The summed E-state index contributed by atoms with van der Waals surface area (Å²) in [4.78, 5) is 25.3. The minimum Gasteiger partial charge on any atom is -0.380 e. The summed E-state index contributed by atoms with van der Waals surface area (Å²) in [5.41, 5.74) is -0.855. The van der Waals surface area contributed by atoms with Gasteiger partial charge in [-0.2, -0.15) is 0 Å². The SMILES string of the molecule is O=C1c2sccc2CS(=O)(=O)c2cccc(NC(=O)C3(O)CC3)c21. The van der Waals surface area contributed by atoms with Crippen molar-refractivity contribution in [1.82, 2.24) is 0 Å². The number of aliphatic hydroxyl groups is 1. The second kappa shape index (κ2) is 4.98. The Kier molecular flexibility index (Phi) is 3.22. The van der Waals surface area contributed by atoms with Gasteiger partial charge in [0.2, 0.25) is 5.78 Å². The Morgan fingerprint density at radius 2 is 2.00 bits per heavy atom. The lowest BCUT2D eigenvalue weighted by Gasteiger charge is -2.14. The quantitative estimate of drug-likeness (QED) is 0.846. The van der Waals surface area contributed by atoms with E-state index >= 15 is 0 Å². The molecule has 124 valence electrons. The van der Waals surface area contributed by atoms with Gasteiger partial charge in [0.25, 0.3) is 5.91 Å².